The first kappa shape index (κ1) is 101. The van der Waals surface area contributed by atoms with Crippen LogP contribution in [-0.4, -0.2) is 252 Å². The molecule has 0 bridgehead atoms. The Labute approximate surface area is 837 Å². The summed E-state index contributed by atoms with van der Waals surface area (Å²) in [6, 6.07) is 22.6. The summed E-state index contributed by atoms with van der Waals surface area (Å²) in [6.45, 7) is 28.1. The maximum Gasteiger partial charge on any atom is 0.239 e. The van der Waals surface area contributed by atoms with Gasteiger partial charge in [-0.15, -0.1) is 0 Å². The summed E-state index contributed by atoms with van der Waals surface area (Å²) in [5.74, 6) is 6.00. The van der Waals surface area contributed by atoms with Gasteiger partial charge >= 0.3 is 0 Å². The Morgan fingerprint density at radius 3 is 1.17 bits per heavy atom. The van der Waals surface area contributed by atoms with Crippen LogP contribution in [0.3, 0.4) is 0 Å². The number of hydrogen-bond donors (Lipinski definition) is 14. The number of benzene rings is 4. The van der Waals surface area contributed by atoms with E-state index in [4.69, 9.17) is 46.4 Å². The molecular weight excluding hydrogens is 1910 g/mol. The second kappa shape index (κ2) is 44.0. The number of likely N-dealkylation sites (N-methyl/N-ethyl adjacent to an activating group) is 1. The zero-order chi connectivity index (χ0) is 99.2. The van der Waals surface area contributed by atoms with Gasteiger partial charge in [-0.25, -0.2) is 51.7 Å². The fourth-order valence-corrected chi connectivity index (χ4v) is 22.1. The number of carbonyl (C=O) groups excluding carboxylic acids is 2. The molecule has 8 saturated heterocycles. The van der Waals surface area contributed by atoms with E-state index < -0.39 is 15.7 Å². The van der Waals surface area contributed by atoms with Crippen molar-refractivity contribution in [3.63, 3.8) is 0 Å². The molecule has 43 heteroatoms. The minimum Gasteiger partial charge on any atom is -0.341 e. The number of hydrogen-bond acceptors (Lipinski definition) is 28. The minimum atomic E-state index is -3.01. The second-order valence-electron chi connectivity index (χ2n) is 38.3. The van der Waals surface area contributed by atoms with E-state index in [1.807, 2.05) is 77.6 Å². The molecule has 8 aliphatic rings. The summed E-state index contributed by atoms with van der Waals surface area (Å²) >= 11 is 25.0. The molecule has 8 aromatic heterocycles. The highest BCUT2D eigenvalue weighted by molar-refractivity contribution is 7.92. The largest absolute Gasteiger partial charge is 0.341 e. The van der Waals surface area contributed by atoms with Crippen LogP contribution in [0, 0.1) is 79.8 Å². The second-order valence-corrected chi connectivity index (χ2v) is 42.1. The molecule has 35 nitrogen and oxygen atoms in total. The molecule has 2 amide bonds. The number of sulfone groups is 1. The molecule has 8 aliphatic heterocycles. The normalized spacial score (nSPS) is 19.7. The molecule has 14 N–H and O–H groups in total. The lowest BCUT2D eigenvalue weighted by Crippen LogP contribution is -2.65. The highest BCUT2D eigenvalue weighted by atomic mass is 35.5. The summed E-state index contributed by atoms with van der Waals surface area (Å²) in [6.07, 6.45) is 16.8. The van der Waals surface area contributed by atoms with E-state index in [0.29, 0.717) is 153 Å². The number of piperidine rings is 4. The van der Waals surface area contributed by atoms with Crippen molar-refractivity contribution in [1.82, 2.24) is 111 Å². The van der Waals surface area contributed by atoms with Crippen LogP contribution in [0.1, 0.15) is 179 Å². The van der Waals surface area contributed by atoms with E-state index >= 15 is 13.2 Å². The molecule has 0 aliphatic carbocycles. The third kappa shape index (κ3) is 24.6. The van der Waals surface area contributed by atoms with Gasteiger partial charge in [-0.1, -0.05) is 58.5 Å². The van der Waals surface area contributed by atoms with Gasteiger partial charge in [0.25, 0.3) is 0 Å². The van der Waals surface area contributed by atoms with Crippen LogP contribution in [0.4, 0.5) is 94.6 Å². The molecule has 0 spiro atoms. The van der Waals surface area contributed by atoms with E-state index in [2.05, 4.69) is 176 Å². The van der Waals surface area contributed by atoms with Crippen LogP contribution < -0.4 is 47.9 Å². The van der Waals surface area contributed by atoms with Gasteiger partial charge in [-0.05, 0) is 269 Å². The first-order chi connectivity index (χ1) is 67.6. The zero-order valence-electron chi connectivity index (χ0n) is 80.5. The molecule has 746 valence electrons. The maximum absolute atomic E-state index is 15.1. The van der Waals surface area contributed by atoms with Gasteiger partial charge in [0.2, 0.25) is 29.7 Å². The highest BCUT2D eigenvalue weighted by Gasteiger charge is 2.51. The molecule has 2 atom stereocenters. The molecular formula is C98H120Cl4F3N30O5S+. The number of aryl methyl sites for hydroxylation is 9. The van der Waals surface area contributed by atoms with Crippen LogP contribution in [0.25, 0.3) is 0 Å². The van der Waals surface area contributed by atoms with Crippen LogP contribution >= 0.6 is 46.4 Å². The summed E-state index contributed by atoms with van der Waals surface area (Å²) in [5.41, 5.74) is 15.6. The number of H-pyrrole nitrogens is 4. The van der Waals surface area contributed by atoms with Crippen molar-refractivity contribution in [3.05, 3.63) is 219 Å². The molecule has 141 heavy (non-hydrogen) atoms. The van der Waals surface area contributed by atoms with Gasteiger partial charge in [0.1, 0.15) is 74.0 Å². The Kier molecular flexibility index (Phi) is 31.4. The predicted octanol–water partition coefficient (Wildman–Crippen LogP) is 17.3. The van der Waals surface area contributed by atoms with Gasteiger partial charge in [-0.2, -0.15) is 40.0 Å². The average Bonchev–Trinajstić information content (AvgIpc) is 1.57. The standard InChI is InChI=1S/C28H36ClN7O.C24H28ClFN8O.C23H28ClFN8.C23H28ClFN7O3S/c1-17-13-22(20-7-10-36(11-8-20)28(37)24-6-5-9-35(24)4)18(2)12-21(17)15-25-30-16-23(29)27(31-25)32-26-14-19(3)33-34-26;1-13-9-20(29-24-28-12-17(25)22(31-24)30-21-10-14(2)32-33-21)18(26)11-16(13)15-4-7-34(8-5-15)23(35)19-3-6-27-19;1-13-7-20(19(25)9-17(13)15-3-5-33(6-4-15)16-10-26-11-16)28-23-27-12-18(24)22(30-23)29-21-8-14(2)31-32-21;1-13-7-20(27-23-26-10-18(24)22(29-23)28-21-8-14(2)30-31-21)19(25)9-17(13)15-3-5-32(33,6-4-15)16-11-36(34,35)12-16/h12-14,16,20,24H,5-11,15H2,1-4H3,(H2,30,31,32,33,34);9-12,15,19,27H,3-8H2,1-2H3,(H3,28,29,30,31,32,33);7-9,12,15-16,26H,3-6,10-11H2,1-2H3,(H3,27,28,29,30,31,32);7-10,15-16,33H,3-6,11-12H2,1-2H3,(H3,26,27,28,29,30,31)/q;;;+1/t24-;19-;;/m10../s1. The number of aromatic nitrogens is 16. The molecule has 20 rings (SSSR count). The van der Waals surface area contributed by atoms with Crippen molar-refractivity contribution in [2.75, 3.05) is 134 Å². The molecule has 16 heterocycles. The summed E-state index contributed by atoms with van der Waals surface area (Å²) in [5, 5.41) is 68.0. The molecule has 0 unspecified atom stereocenters. The zero-order valence-corrected chi connectivity index (χ0v) is 84.3. The number of quaternary nitrogens is 1. The van der Waals surface area contributed by atoms with Crippen molar-refractivity contribution in [2.45, 2.75) is 187 Å². The van der Waals surface area contributed by atoms with Crippen LogP contribution in [0.2, 0.25) is 20.1 Å². The number of aromatic amines is 4. The van der Waals surface area contributed by atoms with Crippen molar-refractivity contribution in [3.8, 4) is 0 Å². The van der Waals surface area contributed by atoms with Gasteiger partial charge in [0, 0.05) is 112 Å². The van der Waals surface area contributed by atoms with Gasteiger partial charge in [0.15, 0.2) is 56.4 Å². The van der Waals surface area contributed by atoms with Crippen LogP contribution in [0.5, 0.6) is 0 Å². The topological polar surface area (TPSA) is 428 Å². The Morgan fingerprint density at radius 2 is 0.816 bits per heavy atom. The van der Waals surface area contributed by atoms with Crippen molar-refractivity contribution < 1.29 is 41.0 Å². The fraction of sp³-hybridized carbons (Fsp3) is 0.449. The van der Waals surface area contributed by atoms with Crippen molar-refractivity contribution in [2.24, 2.45) is 0 Å². The highest BCUT2D eigenvalue weighted by Crippen LogP contribution is 2.43. The summed E-state index contributed by atoms with van der Waals surface area (Å²) < 4.78 is 68.2. The molecule has 12 aromatic rings. The number of carbonyl (C=O) groups is 2. The number of likely N-dealkylation sites (tertiary alicyclic amines) is 5. The number of halogens is 7. The minimum absolute atomic E-state index is 0.0229. The SMILES string of the molecule is Cc1cc(Nc2nc(Cc3cc(C)c(C4CCN(C(=O)[C@H]5CCCN5C)CC4)cc3C)ncc2Cl)n[nH]1.Cc1cc(Nc2nc(Nc3cc(C)c(C4CCN(C(=O)[C@@H]5CCN5)CC4)cc3F)ncc2Cl)n[nH]1.Cc1cc(Nc2nc(Nc3cc(C)c(C4CCN(C5CNC5)CC4)cc3F)ncc2Cl)n[nH]1.Cc1cc(Nc2nc(Nc3cc(C)c(C4CC[N+](O)(C5CS(=O)(=O)C5)CC4)cc3F)ncc2Cl)n[nH]1. The Balaban J connectivity index is 0.000000130. The fourth-order valence-electron chi connectivity index (χ4n) is 19.9. The molecule has 4 aromatic carbocycles. The van der Waals surface area contributed by atoms with E-state index in [0.717, 1.165) is 166 Å². The van der Waals surface area contributed by atoms with Crippen LogP contribution in [0.15, 0.2) is 97.6 Å². The number of nitrogens with zero attached hydrogens (tertiary/aromatic N) is 17. The first-order valence-electron chi connectivity index (χ1n) is 47.9. The average molecular weight is 2030 g/mol. The van der Waals surface area contributed by atoms with E-state index in [1.165, 1.54) is 46.9 Å². The lowest BCUT2D eigenvalue weighted by atomic mass is 9.84. The molecule has 0 saturated carbocycles. The number of hydroxylamine groups is 3. The number of rotatable bonds is 24. The molecule has 0 radical (unpaired) electrons. The van der Waals surface area contributed by atoms with Gasteiger partial charge in [0.05, 0.1) is 53.9 Å². The smallest absolute Gasteiger partial charge is 0.239 e. The Hall–Kier alpha value is -11.8. The lowest BCUT2D eigenvalue weighted by Gasteiger charge is -2.45. The summed E-state index contributed by atoms with van der Waals surface area (Å²) in [7, 11) is -0.933. The quantitative estimate of drug-likeness (QED) is 0.0250. The Morgan fingerprint density at radius 1 is 0.447 bits per heavy atom. The van der Waals surface area contributed by atoms with Crippen molar-refractivity contribution in [1.29, 1.82) is 0 Å². The lowest BCUT2D eigenvalue weighted by molar-refractivity contribution is -1.12. The number of anilines is 14. The predicted molar refractivity (Wildman–Crippen MR) is 542 cm³/mol. The van der Waals surface area contributed by atoms with E-state index in [-0.39, 0.29) is 87.2 Å². The number of amides is 2. The van der Waals surface area contributed by atoms with E-state index in [9.17, 15) is 23.2 Å². The summed E-state index contributed by atoms with van der Waals surface area (Å²) in [4.78, 5) is 69.1. The van der Waals surface area contributed by atoms with Gasteiger partial charge < -0.3 is 57.7 Å². The van der Waals surface area contributed by atoms with Crippen LogP contribution in [-0.2, 0) is 25.8 Å². The third-order valence-corrected chi connectivity index (χ3v) is 31.0. The monoisotopic (exact) mass is 2030 g/mol. The first-order valence-corrected chi connectivity index (χ1v) is 51.3. The van der Waals surface area contributed by atoms with Crippen molar-refractivity contribution >= 4 is 150 Å². The maximum atomic E-state index is 15.1. The Bertz CT molecular complexity index is 6620. The van der Waals surface area contributed by atoms with Gasteiger partial charge in [-0.3, -0.25) is 39.8 Å². The third-order valence-electron chi connectivity index (χ3n) is 28.1. The number of nitrogens with one attached hydrogen (secondary N) is 13. The van der Waals surface area contributed by atoms with E-state index in [1.54, 1.807) is 36.5 Å². The molecule has 8 fully saturated rings.